The van der Waals surface area contributed by atoms with E-state index in [2.05, 4.69) is 5.32 Å². The van der Waals surface area contributed by atoms with Gasteiger partial charge in [0.1, 0.15) is 19.8 Å². The number of nitrogens with two attached hydrogens (primary N) is 1. The second-order valence-electron chi connectivity index (χ2n) is 4.15. The molecule has 0 aliphatic carbocycles. The third-order valence-electron chi connectivity index (χ3n) is 2.64. The van der Waals surface area contributed by atoms with Crippen LogP contribution in [0.4, 0.5) is 11.4 Å². The van der Waals surface area contributed by atoms with Gasteiger partial charge in [0.15, 0.2) is 0 Å². The average molecular weight is 298 g/mol. The zero-order chi connectivity index (χ0) is 14.7. The summed E-state index contributed by atoms with van der Waals surface area (Å²) in [6.07, 6.45) is 0. The summed E-state index contributed by atoms with van der Waals surface area (Å²) < 4.78 is 4.75. The number of halogens is 1. The lowest BCUT2D eigenvalue weighted by molar-refractivity contribution is -0.159. The van der Waals surface area contributed by atoms with Gasteiger partial charge in [0, 0.05) is 5.02 Å². The summed E-state index contributed by atoms with van der Waals surface area (Å²) in [5.41, 5.74) is 6.36. The average Bonchev–Trinajstić information content (AvgIpc) is 2.37. The molecule has 0 spiro atoms. The summed E-state index contributed by atoms with van der Waals surface area (Å²) >= 11 is 5.74. The monoisotopic (exact) mass is 297 g/mol. The van der Waals surface area contributed by atoms with E-state index >= 15 is 0 Å². The smallest absolute Gasteiger partial charge is 0.255 e. The molecule has 1 aromatic rings. The molecule has 1 aliphatic rings. The van der Waals surface area contributed by atoms with Crippen LogP contribution < -0.4 is 11.1 Å². The molecule has 1 saturated heterocycles. The zero-order valence-corrected chi connectivity index (χ0v) is 11.1. The van der Waals surface area contributed by atoms with Gasteiger partial charge in [-0.25, -0.2) is 0 Å². The Hall–Kier alpha value is -2.12. The molecule has 0 saturated carbocycles. The highest BCUT2D eigenvalue weighted by Crippen LogP contribution is 2.22. The highest BCUT2D eigenvalue weighted by molar-refractivity contribution is 6.31. The number of hydrogen-bond donors (Lipinski definition) is 2. The Kier molecular flexibility index (Phi) is 4.21. The van der Waals surface area contributed by atoms with E-state index in [0.29, 0.717) is 16.4 Å². The Balaban J connectivity index is 2.01. The molecule has 1 heterocycles. The molecule has 1 aromatic carbocycles. The summed E-state index contributed by atoms with van der Waals surface area (Å²) in [6.45, 7) is -0.784. The molecule has 1 fully saturated rings. The van der Waals surface area contributed by atoms with Crippen molar-refractivity contribution in [3.05, 3.63) is 23.2 Å². The fourth-order valence-electron chi connectivity index (χ4n) is 1.68. The molecule has 2 rings (SSSR count). The molecule has 0 unspecified atom stereocenters. The molecular formula is C12H12ClN3O4. The fourth-order valence-corrected chi connectivity index (χ4v) is 1.86. The standard InChI is InChI=1S/C12H12ClN3O4/c13-7-1-2-9(8(14)3-7)15-10(17)4-16-11(18)5-20-6-12(16)19/h1-3H,4-6,14H2,(H,15,17). The number of carbonyl (C=O) groups is 3. The fraction of sp³-hybridized carbons (Fsp3) is 0.250. The van der Waals surface area contributed by atoms with Gasteiger partial charge in [-0.15, -0.1) is 0 Å². The van der Waals surface area contributed by atoms with Crippen LogP contribution in [0.1, 0.15) is 0 Å². The topological polar surface area (TPSA) is 102 Å². The number of nitrogen functional groups attached to an aromatic ring is 1. The van der Waals surface area contributed by atoms with Crippen molar-refractivity contribution in [2.24, 2.45) is 0 Å². The van der Waals surface area contributed by atoms with Crippen molar-refractivity contribution in [2.45, 2.75) is 0 Å². The maximum absolute atomic E-state index is 11.8. The predicted octanol–water partition coefficient (Wildman–Crippen LogP) is 0.246. The molecule has 0 radical (unpaired) electrons. The summed E-state index contributed by atoms with van der Waals surface area (Å²) in [5.74, 6) is -1.61. The SMILES string of the molecule is Nc1cc(Cl)ccc1NC(=O)CN1C(=O)COCC1=O. The molecule has 0 bridgehead atoms. The normalized spacial score (nSPS) is 15.3. The Labute approximate surface area is 119 Å². The first-order chi connectivity index (χ1) is 9.47. The molecule has 0 atom stereocenters. The molecular weight excluding hydrogens is 286 g/mol. The van der Waals surface area contributed by atoms with Gasteiger partial charge in [0.2, 0.25) is 5.91 Å². The first-order valence-corrected chi connectivity index (χ1v) is 6.11. The van der Waals surface area contributed by atoms with Gasteiger partial charge < -0.3 is 15.8 Å². The van der Waals surface area contributed by atoms with Crippen LogP contribution in [0.3, 0.4) is 0 Å². The van der Waals surface area contributed by atoms with Crippen LogP contribution in [-0.2, 0) is 19.1 Å². The van der Waals surface area contributed by atoms with Gasteiger partial charge >= 0.3 is 0 Å². The third-order valence-corrected chi connectivity index (χ3v) is 2.88. The van der Waals surface area contributed by atoms with Crippen molar-refractivity contribution in [3.63, 3.8) is 0 Å². The first-order valence-electron chi connectivity index (χ1n) is 5.73. The van der Waals surface area contributed by atoms with Crippen molar-refractivity contribution in [3.8, 4) is 0 Å². The van der Waals surface area contributed by atoms with E-state index in [1.165, 1.54) is 6.07 Å². The van der Waals surface area contributed by atoms with Crippen molar-refractivity contribution in [1.29, 1.82) is 0 Å². The van der Waals surface area contributed by atoms with Gasteiger partial charge in [-0.2, -0.15) is 0 Å². The molecule has 8 heteroatoms. The highest BCUT2D eigenvalue weighted by atomic mass is 35.5. The Morgan fingerprint density at radius 1 is 1.35 bits per heavy atom. The molecule has 106 valence electrons. The Bertz CT molecular complexity index is 560. The van der Waals surface area contributed by atoms with Crippen LogP contribution in [0.15, 0.2) is 18.2 Å². The molecule has 3 N–H and O–H groups in total. The highest BCUT2D eigenvalue weighted by Gasteiger charge is 2.28. The number of ether oxygens (including phenoxy) is 1. The zero-order valence-electron chi connectivity index (χ0n) is 10.4. The van der Waals surface area contributed by atoms with E-state index in [-0.39, 0.29) is 19.8 Å². The lowest BCUT2D eigenvalue weighted by Gasteiger charge is -2.24. The number of hydrogen-bond acceptors (Lipinski definition) is 5. The largest absolute Gasteiger partial charge is 0.397 e. The third kappa shape index (κ3) is 3.25. The Morgan fingerprint density at radius 2 is 2.00 bits per heavy atom. The number of carbonyl (C=O) groups excluding carboxylic acids is 3. The number of nitrogens with zero attached hydrogens (tertiary/aromatic N) is 1. The number of morpholine rings is 1. The van der Waals surface area contributed by atoms with Crippen LogP contribution in [0.25, 0.3) is 0 Å². The second-order valence-corrected chi connectivity index (χ2v) is 4.58. The first kappa shape index (κ1) is 14.3. The lowest BCUT2D eigenvalue weighted by Crippen LogP contribution is -2.49. The summed E-state index contributed by atoms with van der Waals surface area (Å²) in [6, 6.07) is 4.60. The molecule has 1 aliphatic heterocycles. The van der Waals surface area contributed by atoms with Crippen LogP contribution in [0, 0.1) is 0 Å². The maximum atomic E-state index is 11.8. The van der Waals surface area contributed by atoms with Crippen molar-refractivity contribution in [2.75, 3.05) is 30.8 Å². The maximum Gasteiger partial charge on any atom is 0.255 e. The van der Waals surface area contributed by atoms with Crippen LogP contribution in [0.5, 0.6) is 0 Å². The van der Waals surface area contributed by atoms with Crippen molar-refractivity contribution >= 4 is 40.7 Å². The molecule has 0 aromatic heterocycles. The number of imide groups is 1. The molecule has 20 heavy (non-hydrogen) atoms. The Morgan fingerprint density at radius 3 is 2.60 bits per heavy atom. The van der Waals surface area contributed by atoms with Crippen molar-refractivity contribution < 1.29 is 19.1 Å². The minimum atomic E-state index is -0.541. The number of nitrogens with one attached hydrogen (secondary N) is 1. The van der Waals surface area contributed by atoms with E-state index < -0.39 is 17.7 Å². The van der Waals surface area contributed by atoms with Gasteiger partial charge in [0.05, 0.1) is 11.4 Å². The van der Waals surface area contributed by atoms with Gasteiger partial charge in [-0.05, 0) is 18.2 Å². The van der Waals surface area contributed by atoms with Gasteiger partial charge in [-0.1, -0.05) is 11.6 Å². The lowest BCUT2D eigenvalue weighted by atomic mass is 10.2. The van der Waals surface area contributed by atoms with E-state index in [1.54, 1.807) is 12.1 Å². The minimum absolute atomic E-state index is 0.206. The van der Waals surface area contributed by atoms with Crippen molar-refractivity contribution in [1.82, 2.24) is 4.90 Å². The van der Waals surface area contributed by atoms with Gasteiger partial charge in [0.25, 0.3) is 11.8 Å². The number of amides is 3. The van der Waals surface area contributed by atoms with E-state index in [1.807, 2.05) is 0 Å². The van der Waals surface area contributed by atoms with E-state index in [4.69, 9.17) is 22.1 Å². The minimum Gasteiger partial charge on any atom is -0.397 e. The quantitative estimate of drug-likeness (QED) is 0.615. The van der Waals surface area contributed by atoms with E-state index in [9.17, 15) is 14.4 Å². The van der Waals surface area contributed by atoms with Gasteiger partial charge in [-0.3, -0.25) is 19.3 Å². The number of rotatable bonds is 3. The summed E-state index contributed by atoms with van der Waals surface area (Å²) in [4.78, 5) is 35.6. The number of anilines is 2. The summed E-state index contributed by atoms with van der Waals surface area (Å²) in [5, 5.41) is 2.96. The predicted molar refractivity (Wildman–Crippen MR) is 72.0 cm³/mol. The van der Waals surface area contributed by atoms with Crippen LogP contribution >= 0.6 is 11.6 Å². The number of benzene rings is 1. The molecule has 3 amide bonds. The molecule has 7 nitrogen and oxygen atoms in total. The summed E-state index contributed by atoms with van der Waals surface area (Å²) in [7, 11) is 0. The van der Waals surface area contributed by atoms with E-state index in [0.717, 1.165) is 4.90 Å². The van der Waals surface area contributed by atoms with Crippen LogP contribution in [0.2, 0.25) is 5.02 Å². The second kappa shape index (κ2) is 5.89. The van der Waals surface area contributed by atoms with Crippen LogP contribution in [-0.4, -0.2) is 42.4 Å².